The van der Waals surface area contributed by atoms with Crippen molar-refractivity contribution in [2.24, 2.45) is 0 Å². The Morgan fingerprint density at radius 1 is 1.25 bits per heavy atom. The first kappa shape index (κ1) is 16.5. The van der Waals surface area contributed by atoms with Crippen molar-refractivity contribution in [2.45, 2.75) is 26.4 Å². The van der Waals surface area contributed by atoms with Crippen LogP contribution in [0, 0.1) is 0 Å². The molecule has 1 amide bonds. The summed E-state index contributed by atoms with van der Waals surface area (Å²) in [5.41, 5.74) is 2.59. The highest BCUT2D eigenvalue weighted by atomic mass is 79.9. The van der Waals surface area contributed by atoms with Crippen LogP contribution in [-0.4, -0.2) is 20.3 Å². The summed E-state index contributed by atoms with van der Waals surface area (Å²) in [4.78, 5) is 12.5. The minimum Gasteiger partial charge on any atom is -0.347 e. The molecule has 0 spiro atoms. The zero-order valence-electron chi connectivity index (χ0n) is 13.6. The van der Waals surface area contributed by atoms with Crippen molar-refractivity contribution in [1.82, 2.24) is 19.7 Å². The molecular formula is C18H19BrN4O. The molecule has 2 aromatic heterocycles. The third-order valence-electron chi connectivity index (χ3n) is 3.71. The van der Waals surface area contributed by atoms with Gasteiger partial charge in [-0.1, -0.05) is 18.2 Å². The molecule has 0 aliphatic carbocycles. The van der Waals surface area contributed by atoms with Crippen LogP contribution in [-0.2, 0) is 6.54 Å². The number of nitrogens with zero attached hydrogens (tertiary/aromatic N) is 3. The Bertz CT molecular complexity index is 836. The van der Waals surface area contributed by atoms with Crippen molar-refractivity contribution in [3.8, 4) is 5.69 Å². The number of para-hydroxylation sites is 1. The van der Waals surface area contributed by atoms with Gasteiger partial charge in [0, 0.05) is 35.0 Å². The highest BCUT2D eigenvalue weighted by molar-refractivity contribution is 9.10. The molecule has 0 saturated heterocycles. The predicted octanol–water partition coefficient (Wildman–Crippen LogP) is 3.95. The average molecular weight is 387 g/mol. The van der Waals surface area contributed by atoms with Gasteiger partial charge in [0.05, 0.1) is 11.9 Å². The molecule has 0 aliphatic rings. The lowest BCUT2D eigenvalue weighted by atomic mass is 10.3. The van der Waals surface area contributed by atoms with Crippen LogP contribution in [0.2, 0.25) is 0 Å². The first-order chi connectivity index (χ1) is 11.5. The Morgan fingerprint density at radius 3 is 2.71 bits per heavy atom. The number of carbonyl (C=O) groups is 1. The summed E-state index contributed by atoms with van der Waals surface area (Å²) < 4.78 is 4.65. The highest BCUT2D eigenvalue weighted by Gasteiger charge is 2.15. The topological polar surface area (TPSA) is 51.9 Å². The van der Waals surface area contributed by atoms with Gasteiger partial charge in [0.25, 0.3) is 5.91 Å². The molecule has 6 heteroatoms. The Kier molecular flexibility index (Phi) is 4.85. The van der Waals surface area contributed by atoms with Gasteiger partial charge in [-0.05, 0) is 48.0 Å². The lowest BCUT2D eigenvalue weighted by Gasteiger charge is -2.12. The summed E-state index contributed by atoms with van der Waals surface area (Å²) in [6.07, 6.45) is 5.62. The Hall–Kier alpha value is -2.34. The van der Waals surface area contributed by atoms with Crippen LogP contribution < -0.4 is 5.32 Å². The standard InChI is InChI=1S/C18H19BrN4O/c1-13(2)22-12-15(19)8-17(22)18(24)20-9-14-10-21-23(11-14)16-6-4-3-5-7-16/h3-8,10-13H,9H2,1-2H3,(H,20,24). The van der Waals surface area contributed by atoms with Crippen LogP contribution in [0.15, 0.2) is 59.5 Å². The van der Waals surface area contributed by atoms with Crippen molar-refractivity contribution < 1.29 is 4.79 Å². The molecule has 1 aromatic carbocycles. The maximum absolute atomic E-state index is 12.5. The van der Waals surface area contributed by atoms with E-state index in [1.54, 1.807) is 10.9 Å². The second kappa shape index (κ2) is 7.05. The van der Waals surface area contributed by atoms with Gasteiger partial charge in [-0.25, -0.2) is 4.68 Å². The van der Waals surface area contributed by atoms with Crippen molar-refractivity contribution in [3.05, 3.63) is 70.7 Å². The van der Waals surface area contributed by atoms with Gasteiger partial charge < -0.3 is 9.88 Å². The zero-order valence-corrected chi connectivity index (χ0v) is 15.2. The van der Waals surface area contributed by atoms with Crippen molar-refractivity contribution in [3.63, 3.8) is 0 Å². The molecule has 2 heterocycles. The molecule has 1 N–H and O–H groups in total. The Balaban J connectivity index is 1.68. The number of amides is 1. The molecule has 0 atom stereocenters. The van der Waals surface area contributed by atoms with E-state index in [0.717, 1.165) is 15.7 Å². The summed E-state index contributed by atoms with van der Waals surface area (Å²) in [5.74, 6) is -0.0955. The van der Waals surface area contributed by atoms with Gasteiger partial charge in [-0.3, -0.25) is 4.79 Å². The molecule has 124 valence electrons. The maximum atomic E-state index is 12.5. The van der Waals surface area contributed by atoms with Crippen LogP contribution in [0.3, 0.4) is 0 Å². The lowest BCUT2D eigenvalue weighted by molar-refractivity contribution is 0.0940. The minimum atomic E-state index is -0.0955. The fourth-order valence-corrected chi connectivity index (χ4v) is 2.94. The first-order valence-electron chi connectivity index (χ1n) is 7.79. The van der Waals surface area contributed by atoms with Crippen molar-refractivity contribution in [1.29, 1.82) is 0 Å². The second-order valence-electron chi connectivity index (χ2n) is 5.86. The van der Waals surface area contributed by atoms with E-state index in [4.69, 9.17) is 0 Å². The number of benzene rings is 1. The number of hydrogen-bond donors (Lipinski definition) is 1. The summed E-state index contributed by atoms with van der Waals surface area (Å²) >= 11 is 3.43. The van der Waals surface area contributed by atoms with E-state index in [1.165, 1.54) is 0 Å². The number of halogens is 1. The third kappa shape index (κ3) is 3.59. The average Bonchev–Trinajstić information content (AvgIpc) is 3.20. The number of nitrogens with one attached hydrogen (secondary N) is 1. The monoisotopic (exact) mass is 386 g/mol. The maximum Gasteiger partial charge on any atom is 0.268 e. The number of hydrogen-bond acceptors (Lipinski definition) is 2. The summed E-state index contributed by atoms with van der Waals surface area (Å²) in [6.45, 7) is 4.53. The number of carbonyl (C=O) groups excluding carboxylic acids is 1. The minimum absolute atomic E-state index is 0.0955. The van der Waals surface area contributed by atoms with Gasteiger partial charge in [0.2, 0.25) is 0 Å². The quantitative estimate of drug-likeness (QED) is 0.721. The molecule has 0 aliphatic heterocycles. The largest absolute Gasteiger partial charge is 0.347 e. The fourth-order valence-electron chi connectivity index (χ4n) is 2.50. The summed E-state index contributed by atoms with van der Waals surface area (Å²) in [5, 5.41) is 7.29. The van der Waals surface area contributed by atoms with E-state index in [-0.39, 0.29) is 11.9 Å². The van der Waals surface area contributed by atoms with E-state index in [1.807, 2.05) is 67.2 Å². The molecule has 0 unspecified atom stereocenters. The first-order valence-corrected chi connectivity index (χ1v) is 8.58. The van der Waals surface area contributed by atoms with E-state index in [9.17, 15) is 4.79 Å². The van der Waals surface area contributed by atoms with Gasteiger partial charge in [-0.15, -0.1) is 0 Å². The predicted molar refractivity (Wildman–Crippen MR) is 97.3 cm³/mol. The number of rotatable bonds is 5. The molecule has 3 rings (SSSR count). The van der Waals surface area contributed by atoms with Crippen molar-refractivity contribution in [2.75, 3.05) is 0 Å². The van der Waals surface area contributed by atoms with Gasteiger partial charge in [-0.2, -0.15) is 5.10 Å². The molecule has 5 nitrogen and oxygen atoms in total. The van der Waals surface area contributed by atoms with Gasteiger partial charge in [0.15, 0.2) is 0 Å². The van der Waals surface area contributed by atoms with Crippen LogP contribution in [0.1, 0.15) is 35.9 Å². The van der Waals surface area contributed by atoms with Crippen molar-refractivity contribution >= 4 is 21.8 Å². The highest BCUT2D eigenvalue weighted by Crippen LogP contribution is 2.19. The molecule has 0 fully saturated rings. The zero-order chi connectivity index (χ0) is 17.1. The van der Waals surface area contributed by atoms with Gasteiger partial charge >= 0.3 is 0 Å². The molecule has 0 radical (unpaired) electrons. The van der Waals surface area contributed by atoms with E-state index in [2.05, 4.69) is 26.3 Å². The fraction of sp³-hybridized carbons (Fsp3) is 0.222. The Labute approximate surface area is 149 Å². The molecule has 3 aromatic rings. The van der Waals surface area contributed by atoms with Crippen LogP contribution in [0.25, 0.3) is 5.69 Å². The van der Waals surface area contributed by atoms with E-state index >= 15 is 0 Å². The third-order valence-corrected chi connectivity index (χ3v) is 4.15. The van der Waals surface area contributed by atoms with Crippen LogP contribution in [0.5, 0.6) is 0 Å². The molecule has 0 bridgehead atoms. The summed E-state index contributed by atoms with van der Waals surface area (Å²) in [6, 6.07) is 11.9. The molecule has 24 heavy (non-hydrogen) atoms. The molecular weight excluding hydrogens is 368 g/mol. The molecule has 0 saturated carbocycles. The lowest BCUT2D eigenvalue weighted by Crippen LogP contribution is -2.25. The van der Waals surface area contributed by atoms with E-state index < -0.39 is 0 Å². The summed E-state index contributed by atoms with van der Waals surface area (Å²) in [7, 11) is 0. The second-order valence-corrected chi connectivity index (χ2v) is 6.77. The normalized spacial score (nSPS) is 11.0. The number of aromatic nitrogens is 3. The van der Waals surface area contributed by atoms with Gasteiger partial charge in [0.1, 0.15) is 5.69 Å². The van der Waals surface area contributed by atoms with Crippen LogP contribution >= 0.6 is 15.9 Å². The Morgan fingerprint density at radius 2 is 2.00 bits per heavy atom. The van der Waals surface area contributed by atoms with E-state index in [0.29, 0.717) is 12.2 Å². The smallest absolute Gasteiger partial charge is 0.268 e. The van der Waals surface area contributed by atoms with Crippen LogP contribution in [0.4, 0.5) is 0 Å². The SMILES string of the molecule is CC(C)n1cc(Br)cc1C(=O)NCc1cnn(-c2ccccc2)c1.